The van der Waals surface area contributed by atoms with Gasteiger partial charge in [-0.3, -0.25) is 0 Å². The van der Waals surface area contributed by atoms with Crippen LogP contribution >= 0.6 is 23.2 Å². The van der Waals surface area contributed by atoms with Crippen molar-refractivity contribution in [3.63, 3.8) is 0 Å². The van der Waals surface area contributed by atoms with E-state index in [0.717, 1.165) is 36.9 Å². The highest BCUT2D eigenvalue weighted by atomic mass is 35.5. The van der Waals surface area contributed by atoms with E-state index in [-0.39, 0.29) is 37.4 Å². The van der Waals surface area contributed by atoms with Crippen LogP contribution < -0.4 is 10.2 Å². The van der Waals surface area contributed by atoms with Crippen LogP contribution in [0.25, 0.3) is 0 Å². The maximum Gasteiger partial charge on any atom is 0.408 e. The number of hydrogen-bond donors (Lipinski definition) is 1. The lowest BCUT2D eigenvalue weighted by Gasteiger charge is -2.60. The molecule has 4 saturated heterocycles. The van der Waals surface area contributed by atoms with Crippen molar-refractivity contribution in [3.05, 3.63) is 29.8 Å². The van der Waals surface area contributed by atoms with E-state index in [1.165, 1.54) is 0 Å². The Morgan fingerprint density at radius 1 is 1.02 bits per heavy atom. The first-order valence-corrected chi connectivity index (χ1v) is 18.3. The van der Waals surface area contributed by atoms with Gasteiger partial charge in [-0.25, -0.2) is 19.4 Å². The molecule has 9 atom stereocenters. The monoisotopic (exact) mass is 714 g/mol. The van der Waals surface area contributed by atoms with Crippen LogP contribution in [0.4, 0.5) is 10.5 Å². The Morgan fingerprint density at radius 2 is 1.73 bits per heavy atom. The number of alkyl halides is 2. The zero-order valence-electron chi connectivity index (χ0n) is 29.0. The molecule has 48 heavy (non-hydrogen) atoms. The summed E-state index contributed by atoms with van der Waals surface area (Å²) in [6.45, 7) is 13.0. The van der Waals surface area contributed by atoms with E-state index >= 15 is 0 Å². The maximum absolute atomic E-state index is 13.4. The molecule has 4 heterocycles. The van der Waals surface area contributed by atoms with Crippen LogP contribution in [0.15, 0.2) is 24.3 Å². The number of esters is 1. The summed E-state index contributed by atoms with van der Waals surface area (Å²) in [5.41, 5.74) is 0.393. The number of nitrogens with zero attached hydrogens (tertiary/aromatic N) is 1. The highest BCUT2D eigenvalue weighted by Gasteiger charge is 2.69. The third-order valence-electron chi connectivity index (χ3n) is 10.1. The van der Waals surface area contributed by atoms with Crippen molar-refractivity contribution < 1.29 is 43.0 Å². The van der Waals surface area contributed by atoms with Gasteiger partial charge < -0.3 is 33.9 Å². The predicted octanol–water partition coefficient (Wildman–Crippen LogP) is 6.17. The molecule has 0 aromatic heterocycles. The first-order valence-electron chi connectivity index (χ1n) is 17.2. The average molecular weight is 716 g/mol. The van der Waals surface area contributed by atoms with Crippen LogP contribution in [-0.2, 0) is 44.7 Å². The number of hydrogen-bond acceptors (Lipinski definition) is 10. The van der Waals surface area contributed by atoms with Crippen LogP contribution in [-0.4, -0.2) is 85.7 Å². The molecule has 270 valence electrons. The normalized spacial score (nSPS) is 33.2. The molecule has 1 spiro atoms. The van der Waals surface area contributed by atoms with Crippen molar-refractivity contribution in [3.8, 4) is 0 Å². The molecule has 13 heteroatoms. The standard InChI is InChI=1S/C35H52Cl2N2O9/c1-22-7-12-27-23(2)30(44-31-35(27)26(22)13-14-34(6,45-31)47-48-35)43-20-19-42-29(40)28(38-32(41)46-33(3,4)5)21-24-8-10-25(11-9-24)39(17-15-36)18-16-37/h8-11,22-23,26-28,30-31H,7,12-21H2,1-6H3,(H,38,41)/t22-,23-,26+,27+,28+,30-,31-,34-,35-/m1/s1. The Labute approximate surface area is 294 Å². The lowest BCUT2D eigenvalue weighted by atomic mass is 9.58. The Kier molecular flexibility index (Phi) is 12.1. The number of ether oxygens (including phenoxy) is 5. The fourth-order valence-electron chi connectivity index (χ4n) is 7.77. The molecule has 5 fully saturated rings. The van der Waals surface area contributed by atoms with Crippen LogP contribution in [0.5, 0.6) is 0 Å². The summed E-state index contributed by atoms with van der Waals surface area (Å²) in [6, 6.07) is 6.74. The van der Waals surface area contributed by atoms with Crippen LogP contribution in [0.2, 0.25) is 0 Å². The van der Waals surface area contributed by atoms with Gasteiger partial charge in [0, 0.05) is 55.2 Å². The average Bonchev–Trinajstić information content (AvgIpc) is 3.26. The Hall–Kier alpha value is -1.86. The van der Waals surface area contributed by atoms with E-state index in [1.807, 2.05) is 31.2 Å². The largest absolute Gasteiger partial charge is 0.462 e. The van der Waals surface area contributed by atoms with Gasteiger partial charge in [0.05, 0.1) is 6.61 Å². The summed E-state index contributed by atoms with van der Waals surface area (Å²) < 4.78 is 30.1. The number of rotatable bonds is 13. The number of carbonyl (C=O) groups excluding carboxylic acids is 2. The van der Waals surface area contributed by atoms with Crippen molar-refractivity contribution in [2.45, 2.75) is 109 Å². The van der Waals surface area contributed by atoms with Gasteiger partial charge in [0.15, 0.2) is 18.2 Å². The van der Waals surface area contributed by atoms with Crippen molar-refractivity contribution in [1.82, 2.24) is 5.32 Å². The Balaban J connectivity index is 1.20. The van der Waals surface area contributed by atoms with Gasteiger partial charge in [-0.2, -0.15) is 0 Å². The number of halogens is 2. The molecule has 6 rings (SSSR count). The number of alkyl carbamates (subject to hydrolysis) is 1. The molecule has 11 nitrogen and oxygen atoms in total. The second-order valence-electron chi connectivity index (χ2n) is 14.7. The fraction of sp³-hybridized carbons (Fsp3) is 0.771. The molecule has 1 amide bonds. The molecular weight excluding hydrogens is 663 g/mol. The Bertz CT molecular complexity index is 1240. The summed E-state index contributed by atoms with van der Waals surface area (Å²) >= 11 is 11.9. The highest BCUT2D eigenvalue weighted by Crippen LogP contribution is 2.60. The molecule has 1 aromatic carbocycles. The van der Waals surface area contributed by atoms with E-state index in [9.17, 15) is 9.59 Å². The zero-order chi connectivity index (χ0) is 34.7. The molecule has 1 N–H and O–H groups in total. The summed E-state index contributed by atoms with van der Waals surface area (Å²) in [4.78, 5) is 40.3. The van der Waals surface area contributed by atoms with Gasteiger partial charge in [-0.05, 0) is 76.5 Å². The van der Waals surface area contributed by atoms with Crippen molar-refractivity contribution >= 4 is 41.0 Å². The van der Waals surface area contributed by atoms with Gasteiger partial charge in [0.1, 0.15) is 18.2 Å². The first kappa shape index (κ1) is 37.4. The maximum atomic E-state index is 13.4. The van der Waals surface area contributed by atoms with Gasteiger partial charge in [0.2, 0.25) is 5.79 Å². The number of benzene rings is 1. The van der Waals surface area contributed by atoms with Crippen molar-refractivity contribution in [2.75, 3.05) is 43.0 Å². The molecule has 2 bridgehead atoms. The van der Waals surface area contributed by atoms with E-state index in [2.05, 4.69) is 24.1 Å². The summed E-state index contributed by atoms with van der Waals surface area (Å²) in [5.74, 6) is 0.321. The molecule has 0 unspecified atom stereocenters. The molecule has 0 radical (unpaired) electrons. The zero-order valence-corrected chi connectivity index (χ0v) is 30.5. The van der Waals surface area contributed by atoms with Gasteiger partial charge >= 0.3 is 12.1 Å². The Morgan fingerprint density at radius 3 is 2.40 bits per heavy atom. The molecule has 1 aromatic rings. The summed E-state index contributed by atoms with van der Waals surface area (Å²) in [6.07, 6.45) is 2.03. The molecular formula is C35H52Cl2N2O9. The minimum Gasteiger partial charge on any atom is -0.462 e. The minimum atomic E-state index is -0.980. The van der Waals surface area contributed by atoms with Crippen molar-refractivity contribution in [2.24, 2.45) is 23.7 Å². The van der Waals surface area contributed by atoms with Gasteiger partial charge in [0.25, 0.3) is 0 Å². The van der Waals surface area contributed by atoms with Crippen LogP contribution in [0.3, 0.4) is 0 Å². The van der Waals surface area contributed by atoms with E-state index in [0.29, 0.717) is 30.8 Å². The van der Waals surface area contributed by atoms with Crippen LogP contribution in [0, 0.1) is 23.7 Å². The minimum absolute atomic E-state index is 0.00374. The second kappa shape index (κ2) is 15.6. The van der Waals surface area contributed by atoms with E-state index < -0.39 is 47.7 Å². The number of carbonyl (C=O) groups is 2. The van der Waals surface area contributed by atoms with Crippen molar-refractivity contribution in [1.29, 1.82) is 0 Å². The SMILES string of the molecule is C[C@H]1[C@H](OCCOC(=O)[C@H](Cc2ccc(N(CCCl)CCCl)cc2)NC(=O)OC(C)(C)C)O[C@@H]2O[C@@]3(C)CC[C@H]4[C@H](C)CC[C@@H]1[C@@]24OO3. The second-order valence-corrected chi connectivity index (χ2v) is 15.5. The van der Waals surface area contributed by atoms with Gasteiger partial charge in [-0.15, -0.1) is 23.2 Å². The predicted molar refractivity (Wildman–Crippen MR) is 181 cm³/mol. The van der Waals surface area contributed by atoms with E-state index in [1.54, 1.807) is 20.8 Å². The quantitative estimate of drug-likeness (QED) is 0.110. The van der Waals surface area contributed by atoms with E-state index in [4.69, 9.17) is 56.7 Å². The topological polar surface area (TPSA) is 114 Å². The van der Waals surface area contributed by atoms with Crippen LogP contribution in [0.1, 0.15) is 72.8 Å². The molecule has 5 aliphatic rings. The number of anilines is 1. The molecule has 4 aliphatic heterocycles. The smallest absolute Gasteiger partial charge is 0.408 e. The first-order chi connectivity index (χ1) is 22.8. The number of nitrogens with one attached hydrogen (secondary N) is 1. The summed E-state index contributed by atoms with van der Waals surface area (Å²) in [5, 5.41) is 2.69. The summed E-state index contributed by atoms with van der Waals surface area (Å²) in [7, 11) is 0. The van der Waals surface area contributed by atoms with Gasteiger partial charge in [-0.1, -0.05) is 26.0 Å². The number of fused-ring (bicyclic) bond motifs is 2. The lowest BCUT2D eigenvalue weighted by Crippen LogP contribution is -2.70. The third kappa shape index (κ3) is 8.36. The highest BCUT2D eigenvalue weighted by molar-refractivity contribution is 6.18. The molecule has 1 aliphatic carbocycles. The fourth-order valence-corrected chi connectivity index (χ4v) is 8.17. The molecule has 1 saturated carbocycles. The number of amides is 1. The lowest BCUT2D eigenvalue weighted by molar-refractivity contribution is -0.577. The third-order valence-corrected chi connectivity index (χ3v) is 10.5.